The molecule has 27 heavy (non-hydrogen) atoms. The Kier molecular flexibility index (Phi) is 6.25. The lowest BCUT2D eigenvalue weighted by molar-refractivity contribution is 0.657. The third kappa shape index (κ3) is 3.77. The number of aromatic nitrogens is 2. The van der Waals surface area contributed by atoms with Crippen molar-refractivity contribution in [1.29, 1.82) is 0 Å². The molecule has 2 aromatic rings. The summed E-state index contributed by atoms with van der Waals surface area (Å²) in [7, 11) is 0. The highest BCUT2D eigenvalue weighted by atomic mass is 35.5. The smallest absolute Gasteiger partial charge is 0.277 e. The molecule has 0 radical (unpaired) electrons. The van der Waals surface area contributed by atoms with Gasteiger partial charge in [0.2, 0.25) is 0 Å². The molecular formula is C22H30ClN3O. The second-order valence-corrected chi connectivity index (χ2v) is 7.68. The van der Waals surface area contributed by atoms with Crippen LogP contribution in [-0.4, -0.2) is 15.6 Å². The molecule has 0 aliphatic heterocycles. The molecule has 1 aromatic carbocycles. The monoisotopic (exact) mass is 387 g/mol. The number of halogens is 1. The molecule has 0 amide bonds. The van der Waals surface area contributed by atoms with Crippen LogP contribution in [0, 0.1) is 0 Å². The van der Waals surface area contributed by atoms with E-state index in [4.69, 9.17) is 16.6 Å². The maximum atomic E-state index is 13.3. The SMILES string of the molecule is CCc1nc(-c2cc3c(cc2Cl)CCC3)n(CC)c(=O)c1NC(CC)CC. The predicted molar refractivity (Wildman–Crippen MR) is 114 cm³/mol. The van der Waals surface area contributed by atoms with Gasteiger partial charge < -0.3 is 5.32 Å². The summed E-state index contributed by atoms with van der Waals surface area (Å²) in [5.74, 6) is 0.689. The fourth-order valence-electron chi connectivity index (χ4n) is 3.96. The summed E-state index contributed by atoms with van der Waals surface area (Å²) < 4.78 is 1.76. The van der Waals surface area contributed by atoms with E-state index in [2.05, 4.69) is 31.3 Å². The van der Waals surface area contributed by atoms with E-state index in [1.54, 1.807) is 4.57 Å². The zero-order valence-electron chi connectivity index (χ0n) is 16.9. The van der Waals surface area contributed by atoms with Gasteiger partial charge >= 0.3 is 0 Å². The molecule has 1 N–H and O–H groups in total. The summed E-state index contributed by atoms with van der Waals surface area (Å²) in [4.78, 5) is 18.2. The van der Waals surface area contributed by atoms with Crippen LogP contribution in [0.15, 0.2) is 16.9 Å². The maximum Gasteiger partial charge on any atom is 0.277 e. The van der Waals surface area contributed by atoms with Crippen molar-refractivity contribution >= 4 is 17.3 Å². The number of anilines is 1. The summed E-state index contributed by atoms with van der Waals surface area (Å²) in [5, 5.41) is 4.13. The van der Waals surface area contributed by atoms with Crippen molar-refractivity contribution in [2.24, 2.45) is 0 Å². The van der Waals surface area contributed by atoms with E-state index in [1.807, 2.05) is 13.8 Å². The number of rotatable bonds is 7. The number of aryl methyl sites for hydroxylation is 3. The Morgan fingerprint density at radius 2 is 1.81 bits per heavy atom. The summed E-state index contributed by atoms with van der Waals surface area (Å²) >= 11 is 6.62. The lowest BCUT2D eigenvalue weighted by atomic mass is 10.0. The standard InChI is InChI=1S/C22H30ClN3O/c1-5-16(6-2)24-20-19(7-3)25-21(26(8-4)22(20)27)17-12-14-10-9-11-15(14)13-18(17)23/h12-13,16,24H,5-11H2,1-4H3. The highest BCUT2D eigenvalue weighted by Gasteiger charge is 2.21. The van der Waals surface area contributed by atoms with Crippen molar-refractivity contribution in [2.45, 2.75) is 78.8 Å². The second kappa shape index (κ2) is 8.47. The van der Waals surface area contributed by atoms with E-state index in [-0.39, 0.29) is 11.6 Å². The molecule has 1 heterocycles. The molecular weight excluding hydrogens is 358 g/mol. The van der Waals surface area contributed by atoms with Crippen LogP contribution in [0.2, 0.25) is 5.02 Å². The van der Waals surface area contributed by atoms with Gasteiger partial charge in [0.1, 0.15) is 11.5 Å². The van der Waals surface area contributed by atoms with Crippen molar-refractivity contribution in [3.05, 3.63) is 44.3 Å². The molecule has 4 nitrogen and oxygen atoms in total. The minimum absolute atomic E-state index is 0.00261. The van der Waals surface area contributed by atoms with Gasteiger partial charge in [-0.3, -0.25) is 9.36 Å². The van der Waals surface area contributed by atoms with Crippen LogP contribution in [0.4, 0.5) is 5.69 Å². The van der Waals surface area contributed by atoms with Gasteiger partial charge in [-0.05, 0) is 68.7 Å². The predicted octanol–water partition coefficient (Wildman–Crippen LogP) is 5.24. The van der Waals surface area contributed by atoms with Crippen molar-refractivity contribution in [3.8, 4) is 11.4 Å². The van der Waals surface area contributed by atoms with Crippen LogP contribution in [0.25, 0.3) is 11.4 Å². The zero-order valence-corrected chi connectivity index (χ0v) is 17.6. The summed E-state index contributed by atoms with van der Waals surface area (Å²) in [6, 6.07) is 4.49. The molecule has 0 fully saturated rings. The number of hydrogen-bond acceptors (Lipinski definition) is 3. The third-order valence-corrected chi connectivity index (χ3v) is 5.96. The van der Waals surface area contributed by atoms with Crippen molar-refractivity contribution < 1.29 is 0 Å². The average Bonchev–Trinajstić information content (AvgIpc) is 3.13. The molecule has 0 saturated carbocycles. The number of fused-ring (bicyclic) bond motifs is 1. The Morgan fingerprint density at radius 1 is 1.15 bits per heavy atom. The first kappa shape index (κ1) is 19.9. The largest absolute Gasteiger partial charge is 0.376 e. The molecule has 1 aromatic heterocycles. The summed E-state index contributed by atoms with van der Waals surface area (Å²) in [5.41, 5.74) is 5.01. The van der Waals surface area contributed by atoms with Crippen molar-refractivity contribution in [1.82, 2.24) is 9.55 Å². The van der Waals surface area contributed by atoms with E-state index >= 15 is 0 Å². The Balaban J connectivity index is 2.18. The Morgan fingerprint density at radius 3 is 2.41 bits per heavy atom. The van der Waals surface area contributed by atoms with Crippen LogP contribution in [0.3, 0.4) is 0 Å². The molecule has 0 saturated heterocycles. The fourth-order valence-corrected chi connectivity index (χ4v) is 4.23. The van der Waals surface area contributed by atoms with Crippen LogP contribution in [0.5, 0.6) is 0 Å². The Bertz CT molecular complexity index is 884. The van der Waals surface area contributed by atoms with Crippen LogP contribution >= 0.6 is 11.6 Å². The van der Waals surface area contributed by atoms with E-state index in [0.717, 1.165) is 36.9 Å². The van der Waals surface area contributed by atoms with Gasteiger partial charge in [0.05, 0.1) is 10.7 Å². The molecule has 5 heteroatoms. The van der Waals surface area contributed by atoms with Crippen LogP contribution < -0.4 is 10.9 Å². The highest BCUT2D eigenvalue weighted by molar-refractivity contribution is 6.33. The zero-order chi connectivity index (χ0) is 19.6. The van der Waals surface area contributed by atoms with Crippen molar-refractivity contribution in [3.63, 3.8) is 0 Å². The second-order valence-electron chi connectivity index (χ2n) is 7.27. The van der Waals surface area contributed by atoms with Gasteiger partial charge in [-0.25, -0.2) is 4.98 Å². The number of nitrogens with one attached hydrogen (secondary N) is 1. The van der Waals surface area contributed by atoms with Gasteiger partial charge in [0.25, 0.3) is 5.56 Å². The Hall–Kier alpha value is -1.81. The molecule has 0 bridgehead atoms. The summed E-state index contributed by atoms with van der Waals surface area (Å²) in [6.07, 6.45) is 5.99. The van der Waals surface area contributed by atoms with E-state index in [0.29, 0.717) is 29.5 Å². The van der Waals surface area contributed by atoms with Crippen LogP contribution in [-0.2, 0) is 25.8 Å². The summed E-state index contributed by atoms with van der Waals surface area (Å²) in [6.45, 7) is 8.87. The minimum atomic E-state index is 0.00261. The van der Waals surface area contributed by atoms with E-state index in [1.165, 1.54) is 17.5 Å². The van der Waals surface area contributed by atoms with Gasteiger partial charge in [0.15, 0.2) is 0 Å². The third-order valence-electron chi connectivity index (χ3n) is 5.65. The fraction of sp³-hybridized carbons (Fsp3) is 0.545. The number of hydrogen-bond donors (Lipinski definition) is 1. The molecule has 0 atom stereocenters. The number of benzene rings is 1. The topological polar surface area (TPSA) is 46.9 Å². The molecule has 0 spiro atoms. The number of nitrogens with zero attached hydrogens (tertiary/aromatic N) is 2. The maximum absolute atomic E-state index is 13.3. The van der Waals surface area contributed by atoms with E-state index in [9.17, 15) is 4.79 Å². The lowest BCUT2D eigenvalue weighted by Crippen LogP contribution is -2.31. The molecule has 146 valence electrons. The highest BCUT2D eigenvalue weighted by Crippen LogP contribution is 2.34. The first-order chi connectivity index (χ1) is 13.0. The van der Waals surface area contributed by atoms with Crippen LogP contribution in [0.1, 0.15) is 63.8 Å². The van der Waals surface area contributed by atoms with Gasteiger partial charge in [-0.1, -0.05) is 32.4 Å². The first-order valence-corrected chi connectivity index (χ1v) is 10.6. The van der Waals surface area contributed by atoms with Gasteiger partial charge in [-0.2, -0.15) is 0 Å². The average molecular weight is 388 g/mol. The first-order valence-electron chi connectivity index (χ1n) is 10.3. The van der Waals surface area contributed by atoms with Gasteiger partial charge in [0, 0.05) is 18.2 Å². The molecule has 1 aliphatic rings. The minimum Gasteiger partial charge on any atom is -0.376 e. The van der Waals surface area contributed by atoms with Crippen molar-refractivity contribution in [2.75, 3.05) is 5.32 Å². The quantitative estimate of drug-likeness (QED) is 0.707. The molecule has 0 unspecified atom stereocenters. The lowest BCUT2D eigenvalue weighted by Gasteiger charge is -2.21. The molecule has 1 aliphatic carbocycles. The van der Waals surface area contributed by atoms with Gasteiger partial charge in [-0.15, -0.1) is 0 Å². The normalized spacial score (nSPS) is 13.3. The van der Waals surface area contributed by atoms with E-state index < -0.39 is 0 Å². The molecule has 3 rings (SSSR count). The Labute approximate surface area is 167 Å².